The zero-order chi connectivity index (χ0) is 25.8. The fourth-order valence-corrected chi connectivity index (χ4v) is 3.17. The molecule has 2 aromatic carbocycles. The standard InChI is InChI=1S/C27H40O9/c1-22-19-24(21-29)20-27(23(22)2)36-18-15-33-12-11-32-14-17-35-26-6-4-3-5-25(26)34-16-13-31-10-9-30-8-7-28/h3-6,19-20,28-29H,7-18,21H2,1-2H3. The van der Waals surface area contributed by atoms with Crippen LogP contribution in [0.4, 0.5) is 0 Å². The van der Waals surface area contributed by atoms with Crippen LogP contribution in [0, 0.1) is 13.8 Å². The first kappa shape index (κ1) is 29.8. The van der Waals surface area contributed by atoms with Crippen molar-refractivity contribution >= 4 is 0 Å². The molecule has 36 heavy (non-hydrogen) atoms. The molecule has 0 saturated heterocycles. The van der Waals surface area contributed by atoms with Gasteiger partial charge in [-0.1, -0.05) is 18.2 Å². The second-order valence-electron chi connectivity index (χ2n) is 7.86. The number of para-hydroxylation sites is 2. The van der Waals surface area contributed by atoms with Gasteiger partial charge in [0.1, 0.15) is 25.6 Å². The van der Waals surface area contributed by atoms with E-state index >= 15 is 0 Å². The van der Waals surface area contributed by atoms with E-state index in [9.17, 15) is 5.11 Å². The highest BCUT2D eigenvalue weighted by Gasteiger charge is 2.06. The summed E-state index contributed by atoms with van der Waals surface area (Å²) in [5.41, 5.74) is 2.99. The Bertz CT molecular complexity index is 844. The van der Waals surface area contributed by atoms with Gasteiger partial charge in [-0.05, 0) is 48.7 Å². The summed E-state index contributed by atoms with van der Waals surface area (Å²) in [6, 6.07) is 11.3. The third-order valence-electron chi connectivity index (χ3n) is 5.15. The van der Waals surface area contributed by atoms with Crippen molar-refractivity contribution in [1.29, 1.82) is 0 Å². The van der Waals surface area contributed by atoms with Gasteiger partial charge >= 0.3 is 0 Å². The van der Waals surface area contributed by atoms with Crippen molar-refractivity contribution in [3.05, 3.63) is 53.1 Å². The number of rotatable bonds is 21. The van der Waals surface area contributed by atoms with Crippen LogP contribution in [0.5, 0.6) is 17.2 Å². The second kappa shape index (κ2) is 18.8. The molecule has 2 rings (SSSR count). The monoisotopic (exact) mass is 508 g/mol. The number of benzene rings is 2. The van der Waals surface area contributed by atoms with Crippen LogP contribution < -0.4 is 14.2 Å². The minimum Gasteiger partial charge on any atom is -0.491 e. The highest BCUT2D eigenvalue weighted by molar-refractivity contribution is 5.42. The lowest BCUT2D eigenvalue weighted by molar-refractivity contribution is 0.0231. The minimum atomic E-state index is -0.00786. The number of hydrogen-bond acceptors (Lipinski definition) is 9. The number of aliphatic hydroxyl groups excluding tert-OH is 2. The molecule has 0 atom stereocenters. The molecule has 2 aromatic rings. The fraction of sp³-hybridized carbons (Fsp3) is 0.556. The average Bonchev–Trinajstić information content (AvgIpc) is 2.89. The lowest BCUT2D eigenvalue weighted by atomic mass is 10.1. The molecule has 9 nitrogen and oxygen atoms in total. The number of ether oxygens (including phenoxy) is 7. The van der Waals surface area contributed by atoms with Crippen molar-refractivity contribution in [3.8, 4) is 17.2 Å². The molecule has 0 heterocycles. The molecule has 0 saturated carbocycles. The van der Waals surface area contributed by atoms with Crippen LogP contribution in [0.25, 0.3) is 0 Å². The maximum absolute atomic E-state index is 9.34. The number of aryl methyl sites for hydroxylation is 1. The fourth-order valence-electron chi connectivity index (χ4n) is 3.17. The molecule has 0 radical (unpaired) electrons. The predicted molar refractivity (Wildman–Crippen MR) is 135 cm³/mol. The van der Waals surface area contributed by atoms with E-state index in [0.717, 1.165) is 22.4 Å². The van der Waals surface area contributed by atoms with Gasteiger partial charge in [0.05, 0.1) is 66.1 Å². The van der Waals surface area contributed by atoms with Crippen LogP contribution in [0.2, 0.25) is 0 Å². The summed E-state index contributed by atoms with van der Waals surface area (Å²) in [6.45, 7) is 8.66. The average molecular weight is 509 g/mol. The molecular formula is C27H40O9. The van der Waals surface area contributed by atoms with Gasteiger partial charge in [0.2, 0.25) is 0 Å². The van der Waals surface area contributed by atoms with E-state index in [4.69, 9.17) is 38.3 Å². The van der Waals surface area contributed by atoms with E-state index < -0.39 is 0 Å². The molecule has 0 aromatic heterocycles. The first-order valence-electron chi connectivity index (χ1n) is 12.3. The highest BCUT2D eigenvalue weighted by Crippen LogP contribution is 2.26. The number of hydrogen-bond donors (Lipinski definition) is 2. The van der Waals surface area contributed by atoms with E-state index in [1.807, 2.05) is 50.2 Å². The van der Waals surface area contributed by atoms with Crippen molar-refractivity contribution in [2.75, 3.05) is 79.3 Å². The molecule has 202 valence electrons. The van der Waals surface area contributed by atoms with Crippen LogP contribution in [0.15, 0.2) is 36.4 Å². The Morgan fingerprint density at radius 2 is 1.00 bits per heavy atom. The smallest absolute Gasteiger partial charge is 0.161 e. The largest absolute Gasteiger partial charge is 0.491 e. The third-order valence-corrected chi connectivity index (χ3v) is 5.15. The molecule has 0 bridgehead atoms. The summed E-state index contributed by atoms with van der Waals surface area (Å²) >= 11 is 0. The molecule has 0 aliphatic carbocycles. The van der Waals surface area contributed by atoms with Gasteiger partial charge in [-0.25, -0.2) is 0 Å². The van der Waals surface area contributed by atoms with E-state index in [1.54, 1.807) is 0 Å². The summed E-state index contributed by atoms with van der Waals surface area (Å²) in [7, 11) is 0. The van der Waals surface area contributed by atoms with Crippen LogP contribution in [0.1, 0.15) is 16.7 Å². The Balaban J connectivity index is 1.50. The maximum atomic E-state index is 9.34. The Labute approximate surface area is 213 Å². The maximum Gasteiger partial charge on any atom is 0.161 e. The molecule has 0 amide bonds. The Morgan fingerprint density at radius 3 is 1.47 bits per heavy atom. The molecule has 2 N–H and O–H groups in total. The summed E-state index contributed by atoms with van der Waals surface area (Å²) in [4.78, 5) is 0. The van der Waals surface area contributed by atoms with E-state index in [-0.39, 0.29) is 13.2 Å². The van der Waals surface area contributed by atoms with Crippen LogP contribution in [-0.2, 0) is 25.6 Å². The van der Waals surface area contributed by atoms with Crippen LogP contribution >= 0.6 is 0 Å². The van der Waals surface area contributed by atoms with E-state index in [1.165, 1.54) is 0 Å². The quantitative estimate of drug-likeness (QED) is 0.246. The van der Waals surface area contributed by atoms with Gasteiger partial charge in [0, 0.05) is 0 Å². The molecule has 0 spiro atoms. The zero-order valence-electron chi connectivity index (χ0n) is 21.4. The van der Waals surface area contributed by atoms with Crippen LogP contribution in [-0.4, -0.2) is 89.5 Å². The minimum absolute atomic E-state index is 0.00786. The molecular weight excluding hydrogens is 468 g/mol. The summed E-state index contributed by atoms with van der Waals surface area (Å²) < 4.78 is 39.0. The predicted octanol–water partition coefficient (Wildman–Crippen LogP) is 2.69. The number of aliphatic hydroxyl groups is 2. The summed E-state index contributed by atoms with van der Waals surface area (Å²) in [6.07, 6.45) is 0. The van der Waals surface area contributed by atoms with Crippen molar-refractivity contribution in [3.63, 3.8) is 0 Å². The molecule has 0 unspecified atom stereocenters. The van der Waals surface area contributed by atoms with Crippen LogP contribution in [0.3, 0.4) is 0 Å². The lowest BCUT2D eigenvalue weighted by Crippen LogP contribution is -2.14. The normalized spacial score (nSPS) is 11.0. The van der Waals surface area contributed by atoms with Gasteiger partial charge < -0.3 is 43.4 Å². The van der Waals surface area contributed by atoms with Crippen molar-refractivity contribution in [1.82, 2.24) is 0 Å². The van der Waals surface area contributed by atoms with Crippen molar-refractivity contribution in [2.45, 2.75) is 20.5 Å². The van der Waals surface area contributed by atoms with Gasteiger partial charge in [0.25, 0.3) is 0 Å². The van der Waals surface area contributed by atoms with Crippen molar-refractivity contribution in [2.24, 2.45) is 0 Å². The molecule has 0 aliphatic heterocycles. The van der Waals surface area contributed by atoms with Gasteiger partial charge in [0.15, 0.2) is 11.5 Å². The van der Waals surface area contributed by atoms with Crippen molar-refractivity contribution < 1.29 is 43.4 Å². The van der Waals surface area contributed by atoms with Gasteiger partial charge in [-0.3, -0.25) is 0 Å². The second-order valence-corrected chi connectivity index (χ2v) is 7.86. The molecule has 9 heteroatoms. The molecule has 0 fully saturated rings. The van der Waals surface area contributed by atoms with E-state index in [2.05, 4.69) is 0 Å². The lowest BCUT2D eigenvalue weighted by Gasteiger charge is -2.14. The topological polar surface area (TPSA) is 105 Å². The molecule has 0 aliphatic rings. The zero-order valence-corrected chi connectivity index (χ0v) is 21.4. The summed E-state index contributed by atoms with van der Waals surface area (Å²) in [5.74, 6) is 2.07. The SMILES string of the molecule is Cc1cc(CO)cc(OCCOCCOCCOc2ccccc2OCCOCCOCCO)c1C. The first-order valence-corrected chi connectivity index (χ1v) is 12.3. The summed E-state index contributed by atoms with van der Waals surface area (Å²) in [5, 5.41) is 18.0. The Hall–Kier alpha value is -2.40. The Kier molecular flexibility index (Phi) is 15.6. The highest BCUT2D eigenvalue weighted by atomic mass is 16.6. The first-order chi connectivity index (χ1) is 17.7. The Morgan fingerprint density at radius 1 is 0.556 bits per heavy atom. The van der Waals surface area contributed by atoms with Gasteiger partial charge in [-0.15, -0.1) is 0 Å². The van der Waals surface area contributed by atoms with E-state index in [0.29, 0.717) is 84.2 Å². The third kappa shape index (κ3) is 12.0. The van der Waals surface area contributed by atoms with Gasteiger partial charge in [-0.2, -0.15) is 0 Å².